The van der Waals surface area contributed by atoms with E-state index in [9.17, 15) is 25.2 Å². The maximum atomic E-state index is 12.1. The molecule has 1 aliphatic heterocycles. The van der Waals surface area contributed by atoms with Crippen molar-refractivity contribution in [2.75, 3.05) is 0 Å². The Bertz CT molecular complexity index is 717. The van der Waals surface area contributed by atoms with Gasteiger partial charge >= 0.3 is 0 Å². The Hall–Kier alpha value is -2.89. The van der Waals surface area contributed by atoms with Crippen LogP contribution in [0.1, 0.15) is 28.4 Å². The lowest BCUT2D eigenvalue weighted by molar-refractivity contribution is 0.0839. The van der Waals surface area contributed by atoms with Gasteiger partial charge in [0.25, 0.3) is 0 Å². The van der Waals surface area contributed by atoms with Crippen LogP contribution in [0, 0.1) is 0 Å². The molecule has 0 amide bonds. The number of benzene rings is 2. The van der Waals surface area contributed by atoms with Crippen molar-refractivity contribution in [1.29, 1.82) is 0 Å². The van der Waals surface area contributed by atoms with Crippen LogP contribution in [0.25, 0.3) is 0 Å². The zero-order valence-corrected chi connectivity index (χ0v) is 10.8. The standard InChI is InChI=1S/C15H12O6/c16-7-4-10(19)15-11(20)6-13(21-12(15)5-7)14-8(17)2-1-3-9(14)18/h1-5,13,16-19H,6H2/t13-/m1/s1. The van der Waals surface area contributed by atoms with E-state index in [0.717, 1.165) is 6.07 Å². The highest BCUT2D eigenvalue weighted by atomic mass is 16.5. The van der Waals surface area contributed by atoms with Gasteiger partial charge in [0, 0.05) is 12.1 Å². The quantitative estimate of drug-likeness (QED) is 0.641. The van der Waals surface area contributed by atoms with E-state index in [1.807, 2.05) is 0 Å². The molecule has 0 bridgehead atoms. The summed E-state index contributed by atoms with van der Waals surface area (Å²) in [6.45, 7) is 0. The van der Waals surface area contributed by atoms with Crippen molar-refractivity contribution in [3.63, 3.8) is 0 Å². The normalized spacial score (nSPS) is 17.1. The fourth-order valence-corrected chi connectivity index (χ4v) is 2.46. The molecular weight excluding hydrogens is 276 g/mol. The van der Waals surface area contributed by atoms with Crippen molar-refractivity contribution in [3.05, 3.63) is 41.5 Å². The average Bonchev–Trinajstić information content (AvgIpc) is 2.36. The van der Waals surface area contributed by atoms with E-state index in [2.05, 4.69) is 0 Å². The summed E-state index contributed by atoms with van der Waals surface area (Å²) in [6, 6.07) is 6.47. The lowest BCUT2D eigenvalue weighted by Gasteiger charge is -2.26. The van der Waals surface area contributed by atoms with Crippen LogP contribution in [-0.4, -0.2) is 26.2 Å². The zero-order chi connectivity index (χ0) is 15.1. The van der Waals surface area contributed by atoms with Crippen molar-refractivity contribution >= 4 is 5.78 Å². The van der Waals surface area contributed by atoms with Crippen molar-refractivity contribution in [1.82, 2.24) is 0 Å². The minimum atomic E-state index is -0.896. The predicted octanol–water partition coefficient (Wildman–Crippen LogP) is 2.22. The highest BCUT2D eigenvalue weighted by Crippen LogP contribution is 2.45. The molecule has 6 heteroatoms. The summed E-state index contributed by atoms with van der Waals surface area (Å²) in [5.74, 6) is -1.39. The second kappa shape index (κ2) is 4.59. The van der Waals surface area contributed by atoms with Crippen LogP contribution in [-0.2, 0) is 0 Å². The van der Waals surface area contributed by atoms with Gasteiger partial charge in [0.2, 0.25) is 0 Å². The molecule has 4 N–H and O–H groups in total. The second-order valence-electron chi connectivity index (χ2n) is 4.78. The molecule has 0 unspecified atom stereocenters. The third-order valence-corrected chi connectivity index (χ3v) is 3.37. The van der Waals surface area contributed by atoms with E-state index in [4.69, 9.17) is 4.74 Å². The number of fused-ring (bicyclic) bond motifs is 1. The van der Waals surface area contributed by atoms with E-state index >= 15 is 0 Å². The van der Waals surface area contributed by atoms with Gasteiger partial charge in [0.05, 0.1) is 12.0 Å². The SMILES string of the molecule is O=C1C[C@H](c2c(O)cccc2O)Oc2cc(O)cc(O)c21. The van der Waals surface area contributed by atoms with Gasteiger partial charge < -0.3 is 25.2 Å². The molecule has 6 nitrogen and oxygen atoms in total. The van der Waals surface area contributed by atoms with Crippen LogP contribution in [0.5, 0.6) is 28.7 Å². The molecule has 0 spiro atoms. The Morgan fingerprint density at radius 3 is 2.33 bits per heavy atom. The van der Waals surface area contributed by atoms with Crippen LogP contribution in [0.15, 0.2) is 30.3 Å². The van der Waals surface area contributed by atoms with Crippen LogP contribution >= 0.6 is 0 Å². The first-order chi connectivity index (χ1) is 9.97. The summed E-state index contributed by atoms with van der Waals surface area (Å²) in [6.07, 6.45) is -1.04. The van der Waals surface area contributed by atoms with Gasteiger partial charge in [-0.1, -0.05) is 6.07 Å². The largest absolute Gasteiger partial charge is 0.508 e. The molecule has 1 heterocycles. The molecule has 1 atom stereocenters. The van der Waals surface area contributed by atoms with Gasteiger partial charge in [-0.3, -0.25) is 4.79 Å². The molecule has 0 saturated carbocycles. The predicted molar refractivity (Wildman–Crippen MR) is 71.9 cm³/mol. The third-order valence-electron chi connectivity index (χ3n) is 3.37. The van der Waals surface area contributed by atoms with Crippen molar-refractivity contribution in [2.24, 2.45) is 0 Å². The Morgan fingerprint density at radius 1 is 1.00 bits per heavy atom. The zero-order valence-electron chi connectivity index (χ0n) is 10.8. The number of aromatic hydroxyl groups is 4. The molecule has 1 aliphatic rings. The number of ether oxygens (including phenoxy) is 1. The first-order valence-corrected chi connectivity index (χ1v) is 6.24. The Balaban J connectivity index is 2.08. The van der Waals surface area contributed by atoms with Gasteiger partial charge in [-0.2, -0.15) is 0 Å². The fourth-order valence-electron chi connectivity index (χ4n) is 2.46. The number of hydrogen-bond acceptors (Lipinski definition) is 6. The number of ketones is 1. The molecular formula is C15H12O6. The Kier molecular flexibility index (Phi) is 2.86. The molecule has 3 rings (SSSR count). The third kappa shape index (κ3) is 2.10. The van der Waals surface area contributed by atoms with Crippen molar-refractivity contribution in [3.8, 4) is 28.7 Å². The van der Waals surface area contributed by atoms with Crippen molar-refractivity contribution in [2.45, 2.75) is 12.5 Å². The molecule has 0 aromatic heterocycles. The summed E-state index contributed by atoms with van der Waals surface area (Å²) >= 11 is 0. The summed E-state index contributed by atoms with van der Waals surface area (Å²) in [5, 5.41) is 38.9. The smallest absolute Gasteiger partial charge is 0.174 e. The van der Waals surface area contributed by atoms with Gasteiger partial charge in [-0.05, 0) is 12.1 Å². The lowest BCUT2D eigenvalue weighted by atomic mass is 9.94. The highest BCUT2D eigenvalue weighted by molar-refractivity contribution is 6.02. The van der Waals surface area contributed by atoms with Crippen molar-refractivity contribution < 1.29 is 30.0 Å². The maximum absolute atomic E-state index is 12.1. The first-order valence-electron chi connectivity index (χ1n) is 6.24. The summed E-state index contributed by atoms with van der Waals surface area (Å²) in [5.41, 5.74) is 0.0818. The molecule has 2 aromatic carbocycles. The topological polar surface area (TPSA) is 107 Å². The number of phenolic OH excluding ortho intramolecular Hbond substituents is 4. The maximum Gasteiger partial charge on any atom is 0.174 e. The Morgan fingerprint density at radius 2 is 1.67 bits per heavy atom. The molecule has 2 aromatic rings. The van der Waals surface area contributed by atoms with E-state index in [1.165, 1.54) is 24.3 Å². The average molecular weight is 288 g/mol. The first kappa shape index (κ1) is 13.1. The number of Topliss-reactive ketones (excluding diaryl/α,β-unsaturated/α-hetero) is 1. The highest BCUT2D eigenvalue weighted by Gasteiger charge is 2.33. The van der Waals surface area contributed by atoms with E-state index in [1.54, 1.807) is 0 Å². The number of carbonyl (C=O) groups is 1. The summed E-state index contributed by atoms with van der Waals surface area (Å²) < 4.78 is 5.55. The van der Waals surface area contributed by atoms with Gasteiger partial charge in [-0.15, -0.1) is 0 Å². The van der Waals surface area contributed by atoms with E-state index in [-0.39, 0.29) is 46.3 Å². The van der Waals surface area contributed by atoms with E-state index < -0.39 is 11.9 Å². The molecule has 0 aliphatic carbocycles. The lowest BCUT2D eigenvalue weighted by Crippen LogP contribution is -2.20. The molecule has 0 saturated heterocycles. The summed E-state index contributed by atoms with van der Waals surface area (Å²) in [4.78, 5) is 12.1. The number of rotatable bonds is 1. The number of phenols is 4. The van der Waals surface area contributed by atoms with Crippen LogP contribution in [0.2, 0.25) is 0 Å². The van der Waals surface area contributed by atoms with Gasteiger partial charge in [-0.25, -0.2) is 0 Å². The minimum absolute atomic E-state index is 0.0106. The summed E-state index contributed by atoms with van der Waals surface area (Å²) in [7, 11) is 0. The minimum Gasteiger partial charge on any atom is -0.508 e. The van der Waals surface area contributed by atoms with Gasteiger partial charge in [0.15, 0.2) is 5.78 Å². The number of hydrogen-bond donors (Lipinski definition) is 4. The monoisotopic (exact) mass is 288 g/mol. The molecule has 0 radical (unpaired) electrons. The van der Waals surface area contributed by atoms with Gasteiger partial charge in [0.1, 0.15) is 40.4 Å². The molecule has 21 heavy (non-hydrogen) atoms. The molecule has 0 fully saturated rings. The fraction of sp³-hybridized carbons (Fsp3) is 0.133. The number of carbonyl (C=O) groups excluding carboxylic acids is 1. The second-order valence-corrected chi connectivity index (χ2v) is 4.78. The molecule has 108 valence electrons. The van der Waals surface area contributed by atoms with Crippen LogP contribution in [0.4, 0.5) is 0 Å². The van der Waals surface area contributed by atoms with Crippen LogP contribution < -0.4 is 4.74 Å². The van der Waals surface area contributed by atoms with E-state index in [0.29, 0.717) is 0 Å². The van der Waals surface area contributed by atoms with Crippen LogP contribution in [0.3, 0.4) is 0 Å². The Labute approximate surface area is 119 Å².